The van der Waals surface area contributed by atoms with Gasteiger partial charge in [0.2, 0.25) is 5.91 Å². The molecule has 1 amide bonds. The second-order valence-electron chi connectivity index (χ2n) is 7.62. The number of likely N-dealkylation sites (tertiary alicyclic amines) is 2. The zero-order valence-corrected chi connectivity index (χ0v) is 15.6. The lowest BCUT2D eigenvalue weighted by atomic mass is 9.81. The van der Waals surface area contributed by atoms with Gasteiger partial charge in [-0.2, -0.15) is 0 Å². The molecule has 6 nitrogen and oxygen atoms in total. The molecule has 0 saturated carbocycles. The third-order valence-corrected chi connectivity index (χ3v) is 5.97. The number of hydrogen-bond donors (Lipinski definition) is 1. The summed E-state index contributed by atoms with van der Waals surface area (Å²) in [6, 6.07) is 10.3. The van der Waals surface area contributed by atoms with Crippen LogP contribution >= 0.6 is 0 Å². The Bertz CT molecular complexity index is 770. The van der Waals surface area contributed by atoms with Crippen LogP contribution in [-0.2, 0) is 11.3 Å². The molecule has 3 heterocycles. The number of nitrogens with zero attached hydrogens (tertiary/aromatic N) is 4. The molecule has 0 aliphatic carbocycles. The molecule has 0 unspecified atom stereocenters. The second kappa shape index (κ2) is 7.74. The molecule has 1 aromatic heterocycles. The first kappa shape index (κ1) is 18.1. The highest BCUT2D eigenvalue weighted by Crippen LogP contribution is 2.42. The second-order valence-corrected chi connectivity index (χ2v) is 7.62. The Labute approximate surface area is 159 Å². The summed E-state index contributed by atoms with van der Waals surface area (Å²) >= 11 is 0. The maximum absolute atomic E-state index is 12.4. The van der Waals surface area contributed by atoms with Crippen LogP contribution in [0.3, 0.4) is 0 Å². The van der Waals surface area contributed by atoms with Gasteiger partial charge in [-0.15, -0.1) is 0 Å². The van der Waals surface area contributed by atoms with Crippen LogP contribution < -0.4 is 0 Å². The molecule has 0 bridgehead atoms. The van der Waals surface area contributed by atoms with Crippen LogP contribution in [0.5, 0.6) is 0 Å². The average molecular weight is 366 g/mol. The van der Waals surface area contributed by atoms with Gasteiger partial charge in [-0.3, -0.25) is 19.7 Å². The Morgan fingerprint density at radius 3 is 2.74 bits per heavy atom. The van der Waals surface area contributed by atoms with Gasteiger partial charge >= 0.3 is 0 Å². The van der Waals surface area contributed by atoms with Gasteiger partial charge in [0.1, 0.15) is 0 Å². The van der Waals surface area contributed by atoms with E-state index in [9.17, 15) is 9.90 Å². The molecule has 1 N–H and O–H groups in total. The highest BCUT2D eigenvalue weighted by Gasteiger charge is 2.48. The predicted molar refractivity (Wildman–Crippen MR) is 102 cm³/mol. The third-order valence-electron chi connectivity index (χ3n) is 5.97. The molecule has 142 valence electrons. The largest absolute Gasteiger partial charge is 0.393 e. The summed E-state index contributed by atoms with van der Waals surface area (Å²) in [5, 5.41) is 11.0. The van der Waals surface area contributed by atoms with Crippen LogP contribution in [0.4, 0.5) is 0 Å². The number of aromatic nitrogens is 2. The molecule has 0 radical (unpaired) electrons. The first-order chi connectivity index (χ1) is 13.1. The van der Waals surface area contributed by atoms with Gasteiger partial charge in [-0.1, -0.05) is 30.3 Å². The molecular formula is C21H26N4O2. The molecule has 4 rings (SSSR count). The molecule has 2 saturated heterocycles. The van der Waals surface area contributed by atoms with Crippen molar-refractivity contribution in [2.75, 3.05) is 19.6 Å². The van der Waals surface area contributed by atoms with Crippen molar-refractivity contribution >= 4 is 5.91 Å². The number of carbonyl (C=O) groups is 1. The topological polar surface area (TPSA) is 69.6 Å². The summed E-state index contributed by atoms with van der Waals surface area (Å²) in [4.78, 5) is 25.1. The fourth-order valence-electron chi connectivity index (χ4n) is 4.73. The van der Waals surface area contributed by atoms with E-state index in [2.05, 4.69) is 27.0 Å². The normalized spacial score (nSPS) is 28.6. The molecule has 6 heteroatoms. The fourth-order valence-corrected chi connectivity index (χ4v) is 4.73. The summed E-state index contributed by atoms with van der Waals surface area (Å²) in [6.45, 7) is 4.53. The summed E-state index contributed by atoms with van der Waals surface area (Å²) in [5.74, 6) is 0.312. The minimum Gasteiger partial charge on any atom is -0.393 e. The number of aliphatic hydroxyl groups is 1. The van der Waals surface area contributed by atoms with Crippen molar-refractivity contribution in [2.24, 2.45) is 5.92 Å². The van der Waals surface area contributed by atoms with Crippen molar-refractivity contribution in [1.82, 2.24) is 19.8 Å². The average Bonchev–Trinajstić information content (AvgIpc) is 2.99. The van der Waals surface area contributed by atoms with Crippen LogP contribution in [-0.4, -0.2) is 62.6 Å². The minimum atomic E-state index is -0.420. The van der Waals surface area contributed by atoms with Crippen LogP contribution in [0.2, 0.25) is 0 Å². The highest BCUT2D eigenvalue weighted by molar-refractivity contribution is 5.74. The lowest BCUT2D eigenvalue weighted by Gasteiger charge is -2.31. The van der Waals surface area contributed by atoms with E-state index in [-0.39, 0.29) is 23.8 Å². The SMILES string of the molecule is CC(=O)N1C[C@@H](c2ccccc2)[C@@H]2[C@H](O)CCN(Cc3cnccn3)C[C@H]21. The van der Waals surface area contributed by atoms with E-state index in [0.717, 1.165) is 18.8 Å². The molecule has 2 aliphatic heterocycles. The van der Waals surface area contributed by atoms with Gasteiger partial charge < -0.3 is 10.0 Å². The third kappa shape index (κ3) is 3.73. The van der Waals surface area contributed by atoms with Gasteiger partial charge in [-0.05, 0) is 12.0 Å². The van der Waals surface area contributed by atoms with Crippen LogP contribution in [0, 0.1) is 5.92 Å². The van der Waals surface area contributed by atoms with Gasteiger partial charge in [0.15, 0.2) is 0 Å². The van der Waals surface area contributed by atoms with E-state index in [1.165, 1.54) is 5.56 Å². The fraction of sp³-hybridized carbons (Fsp3) is 0.476. The van der Waals surface area contributed by atoms with Crippen molar-refractivity contribution in [3.8, 4) is 0 Å². The number of rotatable bonds is 3. The molecule has 2 aliphatic rings. The summed E-state index contributed by atoms with van der Waals surface area (Å²) in [5.41, 5.74) is 2.12. The van der Waals surface area contributed by atoms with Crippen LogP contribution in [0.25, 0.3) is 0 Å². The van der Waals surface area contributed by atoms with E-state index in [4.69, 9.17) is 0 Å². The van der Waals surface area contributed by atoms with E-state index >= 15 is 0 Å². The Hall–Kier alpha value is -2.31. The Balaban J connectivity index is 1.61. The first-order valence-electron chi connectivity index (χ1n) is 9.61. The maximum Gasteiger partial charge on any atom is 0.219 e. The first-order valence-corrected chi connectivity index (χ1v) is 9.61. The molecule has 2 aromatic rings. The van der Waals surface area contributed by atoms with E-state index in [0.29, 0.717) is 19.5 Å². The zero-order valence-electron chi connectivity index (χ0n) is 15.6. The maximum atomic E-state index is 12.4. The van der Waals surface area contributed by atoms with E-state index in [1.54, 1.807) is 25.5 Å². The van der Waals surface area contributed by atoms with E-state index < -0.39 is 6.10 Å². The van der Waals surface area contributed by atoms with Crippen LogP contribution in [0.1, 0.15) is 30.5 Å². The predicted octanol–water partition coefficient (Wildman–Crippen LogP) is 1.67. The van der Waals surface area contributed by atoms with Gasteiger partial charge in [0.05, 0.1) is 17.8 Å². The lowest BCUT2D eigenvalue weighted by Crippen LogP contribution is -2.44. The number of hydrogen-bond acceptors (Lipinski definition) is 5. The van der Waals surface area contributed by atoms with Crippen molar-refractivity contribution in [2.45, 2.75) is 38.0 Å². The van der Waals surface area contributed by atoms with E-state index in [1.807, 2.05) is 23.1 Å². The Morgan fingerprint density at radius 2 is 2.04 bits per heavy atom. The molecule has 4 atom stereocenters. The quantitative estimate of drug-likeness (QED) is 0.895. The van der Waals surface area contributed by atoms with Crippen LogP contribution in [0.15, 0.2) is 48.9 Å². The van der Waals surface area contributed by atoms with Crippen molar-refractivity contribution < 1.29 is 9.90 Å². The van der Waals surface area contributed by atoms with Gasteiger partial charge in [0.25, 0.3) is 0 Å². The smallest absolute Gasteiger partial charge is 0.219 e. The van der Waals surface area contributed by atoms with Crippen molar-refractivity contribution in [3.63, 3.8) is 0 Å². The number of benzene rings is 1. The van der Waals surface area contributed by atoms with Gasteiger partial charge in [-0.25, -0.2) is 0 Å². The Kier molecular flexibility index (Phi) is 5.18. The zero-order chi connectivity index (χ0) is 18.8. The number of fused-ring (bicyclic) bond motifs is 1. The number of carbonyl (C=O) groups excluding carboxylic acids is 1. The minimum absolute atomic E-state index is 0.0156. The summed E-state index contributed by atoms with van der Waals surface area (Å²) in [6.07, 6.45) is 5.44. The molecule has 27 heavy (non-hydrogen) atoms. The lowest BCUT2D eigenvalue weighted by molar-refractivity contribution is -0.130. The highest BCUT2D eigenvalue weighted by atomic mass is 16.3. The number of aliphatic hydroxyl groups excluding tert-OH is 1. The summed E-state index contributed by atoms with van der Waals surface area (Å²) < 4.78 is 0. The Morgan fingerprint density at radius 1 is 1.22 bits per heavy atom. The number of amides is 1. The molecular weight excluding hydrogens is 340 g/mol. The molecule has 0 spiro atoms. The molecule has 2 fully saturated rings. The van der Waals surface area contributed by atoms with Crippen molar-refractivity contribution in [3.05, 3.63) is 60.2 Å². The molecule has 1 aromatic carbocycles. The summed E-state index contributed by atoms with van der Waals surface area (Å²) in [7, 11) is 0. The van der Waals surface area contributed by atoms with Gasteiger partial charge in [0, 0.05) is 63.5 Å². The van der Waals surface area contributed by atoms with Crippen molar-refractivity contribution in [1.29, 1.82) is 0 Å². The standard InChI is InChI=1S/C21H26N4O2/c1-15(26)25-13-18(16-5-3-2-4-6-16)21-19(25)14-24(10-7-20(21)27)12-17-11-22-8-9-23-17/h2-6,8-9,11,18-21,27H,7,10,12-14H2,1H3/t18-,19+,20+,21-/m0/s1. The monoisotopic (exact) mass is 366 g/mol.